The Labute approximate surface area is 108 Å². The first-order valence-corrected chi connectivity index (χ1v) is 6.24. The van der Waals surface area contributed by atoms with Crippen LogP contribution in [-0.4, -0.2) is 42.5 Å². The Morgan fingerprint density at radius 3 is 2.72 bits per heavy atom. The summed E-state index contributed by atoms with van der Waals surface area (Å²) in [5.41, 5.74) is 0. The largest absolute Gasteiger partial charge is 0.481 e. The van der Waals surface area contributed by atoms with E-state index in [0.29, 0.717) is 18.8 Å². The molecule has 1 aromatic rings. The highest BCUT2D eigenvalue weighted by atomic mass is 16.5. The first-order chi connectivity index (χ1) is 8.71. The zero-order chi connectivity index (χ0) is 13.4. The topological polar surface area (TPSA) is 54.5 Å². The monoisotopic (exact) mass is 251 g/mol. The van der Waals surface area contributed by atoms with Crippen molar-refractivity contribution >= 4 is 11.7 Å². The van der Waals surface area contributed by atoms with Crippen LogP contribution >= 0.6 is 0 Å². The van der Waals surface area contributed by atoms with Crippen molar-refractivity contribution in [2.24, 2.45) is 0 Å². The molecule has 0 aliphatic carbocycles. The number of nitrogens with zero attached hydrogens (tertiary/aromatic N) is 2. The van der Waals surface area contributed by atoms with E-state index < -0.39 is 0 Å². The summed E-state index contributed by atoms with van der Waals surface area (Å²) in [6.45, 7) is 6.06. The van der Waals surface area contributed by atoms with E-state index in [1.165, 1.54) is 0 Å². The molecule has 0 fully saturated rings. The van der Waals surface area contributed by atoms with Crippen molar-refractivity contribution in [2.75, 3.05) is 32.1 Å². The van der Waals surface area contributed by atoms with Gasteiger partial charge in [-0.3, -0.25) is 4.79 Å². The summed E-state index contributed by atoms with van der Waals surface area (Å²) in [7, 11) is 1.58. The Hall–Kier alpha value is -1.78. The number of carbonyl (C=O) groups is 1. The molecular weight excluding hydrogens is 230 g/mol. The smallest absolute Gasteiger partial charge is 0.224 e. The van der Waals surface area contributed by atoms with Crippen LogP contribution in [0.5, 0.6) is 5.88 Å². The maximum Gasteiger partial charge on any atom is 0.224 e. The van der Waals surface area contributed by atoms with Gasteiger partial charge in [0.15, 0.2) is 0 Å². The molecule has 1 N–H and O–H groups in total. The van der Waals surface area contributed by atoms with Gasteiger partial charge in [-0.2, -0.15) is 4.98 Å². The summed E-state index contributed by atoms with van der Waals surface area (Å²) in [6, 6.07) is 5.50. The van der Waals surface area contributed by atoms with Gasteiger partial charge in [-0.15, -0.1) is 0 Å². The molecule has 0 aliphatic heterocycles. The average Bonchev–Trinajstić information content (AvgIpc) is 2.40. The van der Waals surface area contributed by atoms with Crippen molar-refractivity contribution in [1.82, 2.24) is 9.88 Å². The molecular formula is C13H21N3O2. The van der Waals surface area contributed by atoms with Gasteiger partial charge in [0.2, 0.25) is 11.8 Å². The van der Waals surface area contributed by atoms with Gasteiger partial charge in [-0.1, -0.05) is 6.07 Å². The van der Waals surface area contributed by atoms with E-state index in [9.17, 15) is 4.79 Å². The van der Waals surface area contributed by atoms with Crippen LogP contribution in [0, 0.1) is 0 Å². The van der Waals surface area contributed by atoms with Gasteiger partial charge < -0.3 is 15.0 Å². The Bertz CT molecular complexity index is 378. The lowest BCUT2D eigenvalue weighted by Gasteiger charge is -2.18. The minimum atomic E-state index is 0.162. The Morgan fingerprint density at radius 1 is 1.39 bits per heavy atom. The second-order valence-corrected chi connectivity index (χ2v) is 3.81. The van der Waals surface area contributed by atoms with E-state index in [0.717, 1.165) is 18.9 Å². The predicted octanol–water partition coefficient (Wildman–Crippen LogP) is 1.76. The predicted molar refractivity (Wildman–Crippen MR) is 71.8 cm³/mol. The van der Waals surface area contributed by atoms with Crippen LogP contribution in [0.4, 0.5) is 5.82 Å². The SMILES string of the molecule is CCN(CC)C(=O)CCNc1cccc(OC)n1. The van der Waals surface area contributed by atoms with Gasteiger partial charge in [0.1, 0.15) is 5.82 Å². The standard InChI is InChI=1S/C13H21N3O2/c1-4-16(5-2)13(17)9-10-14-11-7-6-8-12(15-11)18-3/h6-8H,4-5,9-10H2,1-3H3,(H,14,15). The molecule has 0 saturated heterocycles. The maximum absolute atomic E-state index is 11.8. The summed E-state index contributed by atoms with van der Waals surface area (Å²) in [4.78, 5) is 17.8. The normalized spacial score (nSPS) is 9.94. The van der Waals surface area contributed by atoms with Crippen LogP contribution in [0.3, 0.4) is 0 Å². The Balaban J connectivity index is 2.39. The van der Waals surface area contributed by atoms with Gasteiger partial charge in [-0.25, -0.2) is 0 Å². The van der Waals surface area contributed by atoms with Crippen LogP contribution < -0.4 is 10.1 Å². The summed E-state index contributed by atoms with van der Waals surface area (Å²) in [6.07, 6.45) is 0.473. The molecule has 1 heterocycles. The van der Waals surface area contributed by atoms with Gasteiger partial charge in [0, 0.05) is 32.1 Å². The third kappa shape index (κ3) is 4.24. The summed E-state index contributed by atoms with van der Waals surface area (Å²) < 4.78 is 5.03. The molecule has 0 saturated carbocycles. The van der Waals surface area contributed by atoms with E-state index in [2.05, 4.69) is 10.3 Å². The molecule has 0 bridgehead atoms. The van der Waals surface area contributed by atoms with E-state index >= 15 is 0 Å². The lowest BCUT2D eigenvalue weighted by molar-refractivity contribution is -0.130. The maximum atomic E-state index is 11.8. The Morgan fingerprint density at radius 2 is 2.11 bits per heavy atom. The fourth-order valence-electron chi connectivity index (χ4n) is 1.66. The van der Waals surface area contributed by atoms with Gasteiger partial charge in [0.25, 0.3) is 0 Å². The second kappa shape index (κ2) is 7.53. The van der Waals surface area contributed by atoms with Gasteiger partial charge in [0.05, 0.1) is 7.11 Å². The highest BCUT2D eigenvalue weighted by molar-refractivity contribution is 5.76. The number of hydrogen-bond donors (Lipinski definition) is 1. The lowest BCUT2D eigenvalue weighted by atomic mass is 10.3. The van der Waals surface area contributed by atoms with Crippen molar-refractivity contribution < 1.29 is 9.53 Å². The van der Waals surface area contributed by atoms with E-state index in [4.69, 9.17) is 4.74 Å². The van der Waals surface area contributed by atoms with Crippen LogP contribution in [0.1, 0.15) is 20.3 Å². The number of amides is 1. The quantitative estimate of drug-likeness (QED) is 0.802. The highest BCUT2D eigenvalue weighted by Gasteiger charge is 2.08. The third-order valence-corrected chi connectivity index (χ3v) is 2.69. The van der Waals surface area contributed by atoms with Crippen molar-refractivity contribution in [3.05, 3.63) is 18.2 Å². The third-order valence-electron chi connectivity index (χ3n) is 2.69. The average molecular weight is 251 g/mol. The molecule has 1 aromatic heterocycles. The zero-order valence-corrected chi connectivity index (χ0v) is 11.3. The molecule has 1 rings (SSSR count). The van der Waals surface area contributed by atoms with Gasteiger partial charge in [-0.05, 0) is 19.9 Å². The number of nitrogens with one attached hydrogen (secondary N) is 1. The van der Waals surface area contributed by atoms with Crippen LogP contribution in [-0.2, 0) is 4.79 Å². The van der Waals surface area contributed by atoms with Crippen molar-refractivity contribution in [2.45, 2.75) is 20.3 Å². The number of pyridine rings is 1. The fourth-order valence-corrected chi connectivity index (χ4v) is 1.66. The minimum Gasteiger partial charge on any atom is -0.481 e. The molecule has 5 nitrogen and oxygen atoms in total. The van der Waals surface area contributed by atoms with Crippen molar-refractivity contribution in [3.63, 3.8) is 0 Å². The highest BCUT2D eigenvalue weighted by Crippen LogP contribution is 2.10. The number of rotatable bonds is 7. The first kappa shape index (κ1) is 14.3. The molecule has 18 heavy (non-hydrogen) atoms. The molecule has 0 radical (unpaired) electrons. The molecule has 0 aromatic carbocycles. The lowest BCUT2D eigenvalue weighted by Crippen LogP contribution is -2.31. The van der Waals surface area contributed by atoms with Crippen LogP contribution in [0.25, 0.3) is 0 Å². The molecule has 0 spiro atoms. The van der Waals surface area contributed by atoms with E-state index in [1.807, 2.05) is 30.9 Å². The second-order valence-electron chi connectivity index (χ2n) is 3.81. The van der Waals surface area contributed by atoms with Gasteiger partial charge >= 0.3 is 0 Å². The number of aromatic nitrogens is 1. The number of anilines is 1. The van der Waals surface area contributed by atoms with Crippen LogP contribution in [0.15, 0.2) is 18.2 Å². The minimum absolute atomic E-state index is 0.162. The molecule has 0 aliphatic rings. The number of methoxy groups -OCH3 is 1. The molecule has 0 unspecified atom stereocenters. The summed E-state index contributed by atoms with van der Waals surface area (Å²) in [5, 5.41) is 3.11. The van der Waals surface area contributed by atoms with Crippen molar-refractivity contribution in [1.29, 1.82) is 0 Å². The molecule has 1 amide bonds. The fraction of sp³-hybridized carbons (Fsp3) is 0.538. The Kier molecular flexibility index (Phi) is 5.97. The molecule has 100 valence electrons. The molecule has 5 heteroatoms. The van der Waals surface area contributed by atoms with E-state index in [-0.39, 0.29) is 5.91 Å². The van der Waals surface area contributed by atoms with Crippen LogP contribution in [0.2, 0.25) is 0 Å². The molecule has 0 atom stereocenters. The number of hydrogen-bond acceptors (Lipinski definition) is 4. The van der Waals surface area contributed by atoms with E-state index in [1.54, 1.807) is 13.2 Å². The summed E-state index contributed by atoms with van der Waals surface area (Å²) in [5.74, 6) is 1.45. The zero-order valence-electron chi connectivity index (χ0n) is 11.3. The summed E-state index contributed by atoms with van der Waals surface area (Å²) >= 11 is 0. The van der Waals surface area contributed by atoms with Crippen molar-refractivity contribution in [3.8, 4) is 5.88 Å². The first-order valence-electron chi connectivity index (χ1n) is 6.24. The number of carbonyl (C=O) groups excluding carboxylic acids is 1. The number of ether oxygens (including phenoxy) is 1.